The maximum Gasteiger partial charge on any atom is 0.262 e. The van der Waals surface area contributed by atoms with E-state index in [1.54, 1.807) is 44.6 Å². The zero-order chi connectivity index (χ0) is 15.1. The van der Waals surface area contributed by atoms with Gasteiger partial charge < -0.3 is 19.5 Å². The molecule has 5 nitrogen and oxygen atoms in total. The molecule has 2 rings (SSSR count). The van der Waals surface area contributed by atoms with Gasteiger partial charge in [-0.1, -0.05) is 18.2 Å². The van der Waals surface area contributed by atoms with Crippen molar-refractivity contribution in [1.82, 2.24) is 0 Å². The molecule has 0 aliphatic carbocycles. The summed E-state index contributed by atoms with van der Waals surface area (Å²) in [6.07, 6.45) is 0. The molecule has 0 spiro atoms. The Hall–Kier alpha value is -2.69. The number of amides is 1. The molecule has 1 amide bonds. The Morgan fingerprint density at radius 2 is 1.76 bits per heavy atom. The van der Waals surface area contributed by atoms with Crippen molar-refractivity contribution in [2.45, 2.75) is 0 Å². The summed E-state index contributed by atoms with van der Waals surface area (Å²) in [5.74, 6) is 1.59. The summed E-state index contributed by atoms with van der Waals surface area (Å²) in [5, 5.41) is 2.74. The second-order valence-corrected chi connectivity index (χ2v) is 4.22. The first-order valence-electron chi connectivity index (χ1n) is 6.42. The Morgan fingerprint density at radius 1 is 1.00 bits per heavy atom. The third-order valence-electron chi connectivity index (χ3n) is 2.79. The Balaban J connectivity index is 1.92. The molecule has 0 saturated heterocycles. The first-order chi connectivity index (χ1) is 10.2. The van der Waals surface area contributed by atoms with Crippen LogP contribution in [0.1, 0.15) is 0 Å². The van der Waals surface area contributed by atoms with Crippen LogP contribution in [-0.4, -0.2) is 26.7 Å². The lowest BCUT2D eigenvalue weighted by atomic mass is 10.3. The highest BCUT2D eigenvalue weighted by molar-refractivity contribution is 5.93. The second kappa shape index (κ2) is 7.19. The molecule has 0 aliphatic heterocycles. The minimum atomic E-state index is -0.262. The van der Waals surface area contributed by atoms with Crippen molar-refractivity contribution < 1.29 is 19.0 Å². The van der Waals surface area contributed by atoms with Gasteiger partial charge in [-0.15, -0.1) is 0 Å². The summed E-state index contributed by atoms with van der Waals surface area (Å²) >= 11 is 0. The Morgan fingerprint density at radius 3 is 2.52 bits per heavy atom. The summed E-state index contributed by atoms with van der Waals surface area (Å²) in [6.45, 7) is -0.0920. The van der Waals surface area contributed by atoms with Crippen LogP contribution in [0.5, 0.6) is 17.2 Å². The molecule has 21 heavy (non-hydrogen) atoms. The molecule has 0 aliphatic rings. The lowest BCUT2D eigenvalue weighted by molar-refractivity contribution is -0.118. The number of hydrogen-bond donors (Lipinski definition) is 1. The van der Waals surface area contributed by atoms with Crippen LogP contribution in [0.15, 0.2) is 48.5 Å². The van der Waals surface area contributed by atoms with Gasteiger partial charge in [-0.3, -0.25) is 4.79 Å². The summed E-state index contributed by atoms with van der Waals surface area (Å²) in [4.78, 5) is 11.9. The quantitative estimate of drug-likeness (QED) is 0.887. The van der Waals surface area contributed by atoms with Gasteiger partial charge in [0, 0.05) is 6.07 Å². The molecule has 0 aromatic heterocycles. The lowest BCUT2D eigenvalue weighted by Gasteiger charge is -2.11. The van der Waals surface area contributed by atoms with E-state index in [0.29, 0.717) is 22.9 Å². The van der Waals surface area contributed by atoms with E-state index in [-0.39, 0.29) is 12.5 Å². The van der Waals surface area contributed by atoms with Crippen molar-refractivity contribution in [3.8, 4) is 17.2 Å². The van der Waals surface area contributed by atoms with E-state index in [9.17, 15) is 4.79 Å². The smallest absolute Gasteiger partial charge is 0.262 e. The highest BCUT2D eigenvalue weighted by Gasteiger charge is 2.07. The van der Waals surface area contributed by atoms with Gasteiger partial charge in [-0.2, -0.15) is 0 Å². The molecule has 0 unspecified atom stereocenters. The molecule has 0 atom stereocenters. The summed E-state index contributed by atoms with van der Waals surface area (Å²) in [7, 11) is 3.13. The first-order valence-corrected chi connectivity index (χ1v) is 6.42. The van der Waals surface area contributed by atoms with Gasteiger partial charge in [-0.05, 0) is 24.3 Å². The maximum atomic E-state index is 11.9. The van der Waals surface area contributed by atoms with Gasteiger partial charge in [0.1, 0.15) is 17.2 Å². The Labute approximate surface area is 123 Å². The first kappa shape index (κ1) is 14.7. The minimum Gasteiger partial charge on any atom is -0.497 e. The number of hydrogen-bond acceptors (Lipinski definition) is 4. The number of para-hydroxylation sites is 2. The standard InChI is InChI=1S/C16H17NO4/c1-19-12-6-5-7-13(10-12)21-11-16(18)17-14-8-3-4-9-15(14)20-2/h3-10H,11H2,1-2H3,(H,17,18). The number of methoxy groups -OCH3 is 2. The highest BCUT2D eigenvalue weighted by Crippen LogP contribution is 2.23. The summed E-state index contributed by atoms with van der Waals surface area (Å²) in [5.41, 5.74) is 0.610. The van der Waals surface area contributed by atoms with Crippen LogP contribution in [0.25, 0.3) is 0 Å². The van der Waals surface area contributed by atoms with Crippen molar-refractivity contribution in [2.24, 2.45) is 0 Å². The van der Waals surface area contributed by atoms with Crippen molar-refractivity contribution in [3.63, 3.8) is 0 Å². The van der Waals surface area contributed by atoms with Gasteiger partial charge in [0.15, 0.2) is 6.61 Å². The van der Waals surface area contributed by atoms with Gasteiger partial charge >= 0.3 is 0 Å². The van der Waals surface area contributed by atoms with Crippen LogP contribution in [0.3, 0.4) is 0 Å². The topological polar surface area (TPSA) is 56.8 Å². The maximum absolute atomic E-state index is 11.9. The molecule has 0 fully saturated rings. The second-order valence-electron chi connectivity index (χ2n) is 4.22. The largest absolute Gasteiger partial charge is 0.497 e. The number of benzene rings is 2. The van der Waals surface area contributed by atoms with Gasteiger partial charge in [0.2, 0.25) is 0 Å². The fourth-order valence-electron chi connectivity index (χ4n) is 1.77. The zero-order valence-electron chi connectivity index (χ0n) is 12.0. The van der Waals surface area contributed by atoms with E-state index in [1.165, 1.54) is 0 Å². The van der Waals surface area contributed by atoms with Gasteiger partial charge in [-0.25, -0.2) is 0 Å². The fraction of sp³-hybridized carbons (Fsp3) is 0.188. The van der Waals surface area contributed by atoms with Crippen LogP contribution in [0.2, 0.25) is 0 Å². The number of anilines is 1. The molecular weight excluding hydrogens is 270 g/mol. The van der Waals surface area contributed by atoms with E-state index in [2.05, 4.69) is 5.32 Å². The van der Waals surface area contributed by atoms with Crippen molar-refractivity contribution in [2.75, 3.05) is 26.1 Å². The molecule has 0 saturated carbocycles. The van der Waals surface area contributed by atoms with Gasteiger partial charge in [0.05, 0.1) is 19.9 Å². The molecule has 0 radical (unpaired) electrons. The molecule has 2 aromatic rings. The zero-order valence-corrected chi connectivity index (χ0v) is 12.0. The highest BCUT2D eigenvalue weighted by atomic mass is 16.5. The number of nitrogens with one attached hydrogen (secondary N) is 1. The van der Waals surface area contributed by atoms with Crippen LogP contribution < -0.4 is 19.5 Å². The molecule has 1 N–H and O–H groups in total. The Kier molecular flexibility index (Phi) is 5.04. The number of carbonyl (C=O) groups is 1. The molecular formula is C16H17NO4. The lowest BCUT2D eigenvalue weighted by Crippen LogP contribution is -2.20. The fourth-order valence-corrected chi connectivity index (χ4v) is 1.77. The van der Waals surface area contributed by atoms with E-state index < -0.39 is 0 Å². The van der Waals surface area contributed by atoms with E-state index in [0.717, 1.165) is 0 Å². The van der Waals surface area contributed by atoms with Gasteiger partial charge in [0.25, 0.3) is 5.91 Å². The predicted molar refractivity (Wildman–Crippen MR) is 80.1 cm³/mol. The summed E-state index contributed by atoms with van der Waals surface area (Å²) < 4.78 is 15.7. The van der Waals surface area contributed by atoms with Crippen molar-refractivity contribution in [1.29, 1.82) is 0 Å². The summed E-state index contributed by atoms with van der Waals surface area (Å²) in [6, 6.07) is 14.3. The number of ether oxygens (including phenoxy) is 3. The van der Waals surface area contributed by atoms with Crippen LogP contribution >= 0.6 is 0 Å². The normalized spacial score (nSPS) is 9.81. The van der Waals surface area contributed by atoms with Crippen LogP contribution in [0.4, 0.5) is 5.69 Å². The minimum absolute atomic E-state index is 0.0920. The van der Waals surface area contributed by atoms with E-state index in [4.69, 9.17) is 14.2 Å². The monoisotopic (exact) mass is 287 g/mol. The SMILES string of the molecule is COc1cccc(OCC(=O)Nc2ccccc2OC)c1. The Bertz CT molecular complexity index is 613. The van der Waals surface area contributed by atoms with Crippen molar-refractivity contribution >= 4 is 11.6 Å². The van der Waals surface area contributed by atoms with Crippen LogP contribution in [0, 0.1) is 0 Å². The average molecular weight is 287 g/mol. The van der Waals surface area contributed by atoms with Crippen molar-refractivity contribution in [3.05, 3.63) is 48.5 Å². The predicted octanol–water partition coefficient (Wildman–Crippen LogP) is 2.72. The molecule has 0 heterocycles. The molecule has 2 aromatic carbocycles. The molecule has 5 heteroatoms. The number of carbonyl (C=O) groups excluding carboxylic acids is 1. The van der Waals surface area contributed by atoms with Crippen LogP contribution in [-0.2, 0) is 4.79 Å². The third-order valence-corrected chi connectivity index (χ3v) is 2.79. The third kappa shape index (κ3) is 4.14. The number of rotatable bonds is 6. The molecule has 0 bridgehead atoms. The van der Waals surface area contributed by atoms with E-state index in [1.807, 2.05) is 18.2 Å². The molecule has 110 valence electrons. The average Bonchev–Trinajstić information content (AvgIpc) is 2.53. The van der Waals surface area contributed by atoms with E-state index >= 15 is 0 Å².